The van der Waals surface area contributed by atoms with Crippen LogP contribution in [0.3, 0.4) is 0 Å². The third-order valence-corrected chi connectivity index (χ3v) is 3.66. The number of nitrogens with one attached hydrogen (secondary N) is 2. The molecule has 0 aliphatic rings. The highest BCUT2D eigenvalue weighted by Gasteiger charge is 2.11. The second-order valence-electron chi connectivity index (χ2n) is 4.23. The molecule has 0 radical (unpaired) electrons. The molecule has 0 bridgehead atoms. The molecule has 21 heavy (non-hydrogen) atoms. The minimum Gasteiger partial charge on any atom is -0.355 e. The van der Waals surface area contributed by atoms with Gasteiger partial charge in [0.05, 0.1) is 10.6 Å². The minimum absolute atomic E-state index is 0.257. The lowest BCUT2D eigenvalue weighted by atomic mass is 10.1. The zero-order chi connectivity index (χ0) is 15.4. The average Bonchev–Trinajstić information content (AvgIpc) is 2.49. The quantitative estimate of drug-likeness (QED) is 0.869. The van der Waals surface area contributed by atoms with Crippen molar-refractivity contribution in [1.29, 1.82) is 0 Å². The first-order chi connectivity index (χ1) is 10.0. The molecule has 0 aliphatic heterocycles. The maximum absolute atomic E-state index is 12.1. The van der Waals surface area contributed by atoms with Gasteiger partial charge < -0.3 is 10.6 Å². The Morgan fingerprint density at radius 3 is 2.33 bits per heavy atom. The maximum Gasteiger partial charge on any atom is 0.255 e. The van der Waals surface area contributed by atoms with Crippen LogP contribution in [0.15, 0.2) is 46.9 Å². The third kappa shape index (κ3) is 3.83. The number of halogens is 2. The summed E-state index contributed by atoms with van der Waals surface area (Å²) in [4.78, 5) is 23.8. The topological polar surface area (TPSA) is 58.2 Å². The molecule has 2 rings (SSSR count). The molecule has 0 aliphatic carbocycles. The number of anilines is 1. The SMILES string of the molecule is CNC(=O)c1cc(NC(=O)c2ccc(Br)cc2)ccc1Cl. The fraction of sp³-hybridized carbons (Fsp3) is 0.0667. The minimum atomic E-state index is -0.306. The van der Waals surface area contributed by atoms with Gasteiger partial charge in [0.1, 0.15) is 0 Å². The molecule has 2 aromatic carbocycles. The van der Waals surface area contributed by atoms with Crippen LogP contribution in [0.2, 0.25) is 5.02 Å². The molecule has 0 spiro atoms. The van der Waals surface area contributed by atoms with Gasteiger partial charge >= 0.3 is 0 Å². The molecule has 0 atom stereocenters. The van der Waals surface area contributed by atoms with Gasteiger partial charge in [0.2, 0.25) is 0 Å². The zero-order valence-corrected chi connectivity index (χ0v) is 13.5. The monoisotopic (exact) mass is 366 g/mol. The summed E-state index contributed by atoms with van der Waals surface area (Å²) < 4.78 is 0.896. The predicted octanol–water partition coefficient (Wildman–Crippen LogP) is 3.71. The van der Waals surface area contributed by atoms with Crippen LogP contribution in [0.1, 0.15) is 20.7 Å². The second-order valence-corrected chi connectivity index (χ2v) is 5.56. The van der Waals surface area contributed by atoms with Gasteiger partial charge in [-0.15, -0.1) is 0 Å². The van der Waals surface area contributed by atoms with Gasteiger partial charge in [-0.1, -0.05) is 27.5 Å². The Hall–Kier alpha value is -1.85. The summed E-state index contributed by atoms with van der Waals surface area (Å²) in [5, 5.41) is 5.56. The molecule has 0 saturated heterocycles. The van der Waals surface area contributed by atoms with Crippen molar-refractivity contribution in [1.82, 2.24) is 5.32 Å². The summed E-state index contributed by atoms with van der Waals surface area (Å²) in [6, 6.07) is 11.7. The first-order valence-corrected chi connectivity index (χ1v) is 7.27. The van der Waals surface area contributed by atoms with Gasteiger partial charge in [-0.3, -0.25) is 9.59 Å². The lowest BCUT2D eigenvalue weighted by Gasteiger charge is -2.08. The highest BCUT2D eigenvalue weighted by atomic mass is 79.9. The number of benzene rings is 2. The van der Waals surface area contributed by atoms with Crippen LogP contribution >= 0.6 is 27.5 Å². The Morgan fingerprint density at radius 1 is 1.05 bits per heavy atom. The van der Waals surface area contributed by atoms with Gasteiger partial charge in [-0.2, -0.15) is 0 Å². The molecule has 2 aromatic rings. The molecule has 4 nitrogen and oxygen atoms in total. The smallest absolute Gasteiger partial charge is 0.255 e. The summed E-state index contributed by atoms with van der Waals surface area (Å²) in [6.45, 7) is 0. The van der Waals surface area contributed by atoms with Crippen LogP contribution in [-0.2, 0) is 0 Å². The van der Waals surface area contributed by atoms with E-state index in [0.29, 0.717) is 21.8 Å². The Labute approximate surface area is 135 Å². The van der Waals surface area contributed by atoms with Crippen LogP contribution in [0.4, 0.5) is 5.69 Å². The Balaban J connectivity index is 2.21. The summed E-state index contributed by atoms with van der Waals surface area (Å²) >= 11 is 9.27. The van der Waals surface area contributed by atoms with E-state index in [0.717, 1.165) is 4.47 Å². The number of amides is 2. The highest BCUT2D eigenvalue weighted by Crippen LogP contribution is 2.21. The Morgan fingerprint density at radius 2 is 1.71 bits per heavy atom. The van der Waals surface area contributed by atoms with E-state index in [1.165, 1.54) is 13.1 Å². The molecular weight excluding hydrogens is 356 g/mol. The largest absolute Gasteiger partial charge is 0.355 e. The van der Waals surface area contributed by atoms with Crippen molar-refractivity contribution in [2.75, 3.05) is 12.4 Å². The summed E-state index contributed by atoms with van der Waals surface area (Å²) in [5.41, 5.74) is 1.34. The average molecular weight is 368 g/mol. The molecule has 6 heteroatoms. The fourth-order valence-electron chi connectivity index (χ4n) is 1.72. The van der Waals surface area contributed by atoms with Crippen molar-refractivity contribution in [3.63, 3.8) is 0 Å². The molecule has 108 valence electrons. The van der Waals surface area contributed by atoms with Gasteiger partial charge in [0.25, 0.3) is 11.8 Å². The van der Waals surface area contributed by atoms with Crippen LogP contribution in [0, 0.1) is 0 Å². The van der Waals surface area contributed by atoms with Gasteiger partial charge in [-0.05, 0) is 42.5 Å². The lowest BCUT2D eigenvalue weighted by molar-refractivity contribution is 0.0961. The Bertz CT molecular complexity index is 687. The first-order valence-electron chi connectivity index (χ1n) is 6.10. The number of carbonyl (C=O) groups excluding carboxylic acids is 2. The first kappa shape index (κ1) is 15.5. The van der Waals surface area contributed by atoms with E-state index in [2.05, 4.69) is 26.6 Å². The molecule has 0 aromatic heterocycles. The van der Waals surface area contributed by atoms with Crippen molar-refractivity contribution in [2.45, 2.75) is 0 Å². The van der Waals surface area contributed by atoms with Crippen LogP contribution in [0.5, 0.6) is 0 Å². The Kier molecular flexibility index (Phi) is 4.98. The van der Waals surface area contributed by atoms with Crippen LogP contribution < -0.4 is 10.6 Å². The third-order valence-electron chi connectivity index (χ3n) is 2.80. The number of hydrogen-bond acceptors (Lipinski definition) is 2. The number of carbonyl (C=O) groups is 2. The molecule has 2 amide bonds. The summed E-state index contributed by atoms with van der Waals surface area (Å²) in [7, 11) is 1.52. The standard InChI is InChI=1S/C15H12BrClN2O2/c1-18-15(21)12-8-11(6-7-13(12)17)19-14(20)9-2-4-10(16)5-3-9/h2-8H,1H3,(H,18,21)(H,19,20). The number of rotatable bonds is 3. The second kappa shape index (κ2) is 6.74. The van der Waals surface area contributed by atoms with E-state index in [4.69, 9.17) is 11.6 Å². The van der Waals surface area contributed by atoms with E-state index in [1.807, 2.05) is 0 Å². The normalized spacial score (nSPS) is 10.0. The van der Waals surface area contributed by atoms with E-state index in [-0.39, 0.29) is 11.8 Å². The van der Waals surface area contributed by atoms with Crippen molar-refractivity contribution >= 4 is 45.0 Å². The molecule has 0 saturated carbocycles. The van der Waals surface area contributed by atoms with Crippen LogP contribution in [-0.4, -0.2) is 18.9 Å². The van der Waals surface area contributed by atoms with E-state index < -0.39 is 0 Å². The highest BCUT2D eigenvalue weighted by molar-refractivity contribution is 9.10. The summed E-state index contributed by atoms with van der Waals surface area (Å²) in [5.74, 6) is -0.563. The summed E-state index contributed by atoms with van der Waals surface area (Å²) in [6.07, 6.45) is 0. The lowest BCUT2D eigenvalue weighted by Crippen LogP contribution is -2.19. The van der Waals surface area contributed by atoms with Crippen molar-refractivity contribution in [2.24, 2.45) is 0 Å². The zero-order valence-electron chi connectivity index (χ0n) is 11.1. The molecular formula is C15H12BrClN2O2. The van der Waals surface area contributed by atoms with Gasteiger partial charge in [0, 0.05) is 22.8 Å². The molecule has 0 fully saturated rings. The van der Waals surface area contributed by atoms with Gasteiger partial charge in [-0.25, -0.2) is 0 Å². The van der Waals surface area contributed by atoms with E-state index in [9.17, 15) is 9.59 Å². The molecule has 0 unspecified atom stereocenters. The predicted molar refractivity (Wildman–Crippen MR) is 86.9 cm³/mol. The van der Waals surface area contributed by atoms with Gasteiger partial charge in [0.15, 0.2) is 0 Å². The van der Waals surface area contributed by atoms with Crippen molar-refractivity contribution in [3.05, 3.63) is 63.1 Å². The van der Waals surface area contributed by atoms with Crippen molar-refractivity contribution < 1.29 is 9.59 Å². The fourth-order valence-corrected chi connectivity index (χ4v) is 2.18. The molecule has 2 N–H and O–H groups in total. The maximum atomic E-state index is 12.1. The van der Waals surface area contributed by atoms with E-state index >= 15 is 0 Å². The van der Waals surface area contributed by atoms with Crippen molar-refractivity contribution in [3.8, 4) is 0 Å². The van der Waals surface area contributed by atoms with Crippen LogP contribution in [0.25, 0.3) is 0 Å². The number of hydrogen-bond donors (Lipinski definition) is 2. The van der Waals surface area contributed by atoms with E-state index in [1.54, 1.807) is 36.4 Å². The molecule has 0 heterocycles.